The Balaban J connectivity index is 1.76. The molecule has 0 atom stereocenters. The van der Waals surface area contributed by atoms with Crippen LogP contribution in [0.15, 0.2) is 24.3 Å². The minimum atomic E-state index is -3.17. The van der Waals surface area contributed by atoms with E-state index in [2.05, 4.69) is 10.6 Å². The van der Waals surface area contributed by atoms with Crippen molar-refractivity contribution in [3.63, 3.8) is 0 Å². The first kappa shape index (κ1) is 16.7. The Kier molecular flexibility index (Phi) is 5.36. The van der Waals surface area contributed by atoms with Crippen molar-refractivity contribution in [3.05, 3.63) is 35.6 Å². The van der Waals surface area contributed by atoms with Crippen molar-refractivity contribution in [3.8, 4) is 0 Å². The smallest absolute Gasteiger partial charge is 0.315 e. The highest BCUT2D eigenvalue weighted by Crippen LogP contribution is 2.13. The molecule has 0 radical (unpaired) electrons. The minimum absolute atomic E-state index is 0.0707. The number of halogens is 1. The first-order valence-corrected chi connectivity index (χ1v) is 8.94. The molecule has 0 spiro atoms. The number of rotatable bonds is 4. The SMILES string of the molecule is CS(=O)(=O)N1CCC(NC(=O)NCc2ccccc2F)CC1. The highest BCUT2D eigenvalue weighted by Gasteiger charge is 2.25. The molecule has 0 saturated carbocycles. The second-order valence-electron chi connectivity index (χ2n) is 5.35. The number of urea groups is 1. The van der Waals surface area contributed by atoms with Gasteiger partial charge in [0.1, 0.15) is 5.82 Å². The lowest BCUT2D eigenvalue weighted by Gasteiger charge is -2.30. The van der Waals surface area contributed by atoms with Crippen LogP contribution in [0.5, 0.6) is 0 Å². The van der Waals surface area contributed by atoms with Crippen LogP contribution >= 0.6 is 0 Å². The third-order valence-electron chi connectivity index (χ3n) is 3.66. The molecule has 122 valence electrons. The fraction of sp³-hybridized carbons (Fsp3) is 0.500. The molecule has 1 fully saturated rings. The summed E-state index contributed by atoms with van der Waals surface area (Å²) >= 11 is 0. The van der Waals surface area contributed by atoms with Gasteiger partial charge in [-0.3, -0.25) is 0 Å². The Bertz CT molecular complexity index is 628. The molecule has 1 heterocycles. The molecule has 1 aliphatic heterocycles. The van der Waals surface area contributed by atoms with Gasteiger partial charge in [-0.25, -0.2) is 21.9 Å². The van der Waals surface area contributed by atoms with E-state index < -0.39 is 10.0 Å². The lowest BCUT2D eigenvalue weighted by molar-refractivity contribution is 0.227. The number of hydrogen-bond acceptors (Lipinski definition) is 3. The molecule has 0 aromatic heterocycles. The van der Waals surface area contributed by atoms with Gasteiger partial charge in [0.15, 0.2) is 0 Å². The van der Waals surface area contributed by atoms with Crippen LogP contribution in [0, 0.1) is 5.82 Å². The zero-order chi connectivity index (χ0) is 16.2. The van der Waals surface area contributed by atoms with E-state index >= 15 is 0 Å². The summed E-state index contributed by atoms with van der Waals surface area (Å²) in [6.45, 7) is 0.912. The molecule has 2 amide bonds. The van der Waals surface area contributed by atoms with Crippen molar-refractivity contribution in [2.45, 2.75) is 25.4 Å². The summed E-state index contributed by atoms with van der Waals surface area (Å²) in [5.74, 6) is -0.357. The largest absolute Gasteiger partial charge is 0.335 e. The third-order valence-corrected chi connectivity index (χ3v) is 4.96. The zero-order valence-electron chi connectivity index (χ0n) is 12.4. The summed E-state index contributed by atoms with van der Waals surface area (Å²) in [7, 11) is -3.17. The van der Waals surface area contributed by atoms with Crippen molar-refractivity contribution in [1.82, 2.24) is 14.9 Å². The topological polar surface area (TPSA) is 78.5 Å². The predicted octanol–water partition coefficient (Wildman–Crippen LogP) is 1.05. The lowest BCUT2D eigenvalue weighted by atomic mass is 10.1. The van der Waals surface area contributed by atoms with Gasteiger partial charge in [-0.2, -0.15) is 0 Å². The van der Waals surface area contributed by atoms with E-state index in [-0.39, 0.29) is 24.4 Å². The van der Waals surface area contributed by atoms with Crippen LogP contribution in [0.25, 0.3) is 0 Å². The summed E-state index contributed by atoms with van der Waals surface area (Å²) in [5, 5.41) is 5.39. The molecule has 1 aromatic carbocycles. The maximum Gasteiger partial charge on any atom is 0.315 e. The molecule has 1 saturated heterocycles. The van der Waals surface area contributed by atoms with E-state index in [9.17, 15) is 17.6 Å². The Morgan fingerprint density at radius 2 is 1.95 bits per heavy atom. The molecule has 0 unspecified atom stereocenters. The van der Waals surface area contributed by atoms with Crippen LogP contribution in [0.4, 0.5) is 9.18 Å². The average Bonchev–Trinajstić information content (AvgIpc) is 2.46. The van der Waals surface area contributed by atoms with E-state index in [0.29, 0.717) is 31.5 Å². The molecule has 0 aliphatic carbocycles. The fourth-order valence-corrected chi connectivity index (χ4v) is 3.26. The molecule has 6 nitrogen and oxygen atoms in total. The van der Waals surface area contributed by atoms with Crippen LogP contribution < -0.4 is 10.6 Å². The number of carbonyl (C=O) groups excluding carboxylic acids is 1. The van der Waals surface area contributed by atoms with Gasteiger partial charge in [0.25, 0.3) is 0 Å². The standard InChI is InChI=1S/C14H20FN3O3S/c1-22(20,21)18-8-6-12(7-9-18)17-14(19)16-10-11-4-2-3-5-13(11)15/h2-5,12H,6-10H2,1H3,(H2,16,17,19). The van der Waals surface area contributed by atoms with E-state index in [1.54, 1.807) is 18.2 Å². The number of nitrogens with one attached hydrogen (secondary N) is 2. The summed E-state index contributed by atoms with van der Waals surface area (Å²) in [5.41, 5.74) is 0.421. The van der Waals surface area contributed by atoms with Gasteiger partial charge in [0.05, 0.1) is 6.26 Å². The van der Waals surface area contributed by atoms with Crippen LogP contribution in [0.1, 0.15) is 18.4 Å². The number of amides is 2. The summed E-state index contributed by atoms with van der Waals surface area (Å²) < 4.78 is 37.6. The maximum absolute atomic E-state index is 13.4. The molecule has 0 bridgehead atoms. The van der Waals surface area contributed by atoms with E-state index in [1.807, 2.05) is 0 Å². The van der Waals surface area contributed by atoms with Gasteiger partial charge in [0.2, 0.25) is 10.0 Å². The monoisotopic (exact) mass is 329 g/mol. The number of hydrogen-bond donors (Lipinski definition) is 2. The van der Waals surface area contributed by atoms with Crippen molar-refractivity contribution in [1.29, 1.82) is 0 Å². The fourth-order valence-electron chi connectivity index (χ4n) is 2.39. The normalized spacial score (nSPS) is 17.2. The second-order valence-corrected chi connectivity index (χ2v) is 7.34. The van der Waals surface area contributed by atoms with Gasteiger partial charge >= 0.3 is 6.03 Å². The van der Waals surface area contributed by atoms with Crippen LogP contribution in [0.2, 0.25) is 0 Å². The van der Waals surface area contributed by atoms with Crippen molar-refractivity contribution in [2.75, 3.05) is 19.3 Å². The predicted molar refractivity (Wildman–Crippen MR) is 81.2 cm³/mol. The number of sulfonamides is 1. The molecule has 8 heteroatoms. The van der Waals surface area contributed by atoms with E-state index in [4.69, 9.17) is 0 Å². The molecule has 2 N–H and O–H groups in total. The number of benzene rings is 1. The van der Waals surface area contributed by atoms with Gasteiger partial charge in [-0.1, -0.05) is 18.2 Å². The molecule has 2 rings (SSSR count). The molecule has 1 aliphatic rings. The average molecular weight is 329 g/mol. The van der Waals surface area contributed by atoms with E-state index in [0.717, 1.165) is 0 Å². The molecule has 1 aromatic rings. The molecular formula is C14H20FN3O3S. The second kappa shape index (κ2) is 7.06. The summed E-state index contributed by atoms with van der Waals surface area (Å²) in [4.78, 5) is 11.8. The quantitative estimate of drug-likeness (QED) is 0.867. The Morgan fingerprint density at radius 3 is 2.55 bits per heavy atom. The number of piperidine rings is 1. The van der Waals surface area contributed by atoms with Crippen molar-refractivity contribution < 1.29 is 17.6 Å². The van der Waals surface area contributed by atoms with Crippen molar-refractivity contribution in [2.24, 2.45) is 0 Å². The Labute approximate surface area is 129 Å². The first-order valence-electron chi connectivity index (χ1n) is 7.09. The van der Waals surface area contributed by atoms with E-state index in [1.165, 1.54) is 16.6 Å². The summed E-state index contributed by atoms with van der Waals surface area (Å²) in [6.07, 6.45) is 2.32. The third kappa shape index (κ3) is 4.67. The zero-order valence-corrected chi connectivity index (χ0v) is 13.2. The first-order chi connectivity index (χ1) is 10.4. The van der Waals surface area contributed by atoms with Crippen LogP contribution in [0.3, 0.4) is 0 Å². The molecular weight excluding hydrogens is 309 g/mol. The van der Waals surface area contributed by atoms with Gasteiger partial charge in [0, 0.05) is 31.2 Å². The minimum Gasteiger partial charge on any atom is -0.335 e. The highest BCUT2D eigenvalue weighted by molar-refractivity contribution is 7.88. The Morgan fingerprint density at radius 1 is 1.32 bits per heavy atom. The number of nitrogens with zero attached hydrogens (tertiary/aromatic N) is 1. The number of carbonyl (C=O) groups is 1. The maximum atomic E-state index is 13.4. The van der Waals surface area contributed by atoms with Gasteiger partial charge in [-0.05, 0) is 18.9 Å². The van der Waals surface area contributed by atoms with Gasteiger partial charge in [-0.15, -0.1) is 0 Å². The lowest BCUT2D eigenvalue weighted by Crippen LogP contribution is -2.48. The summed E-state index contributed by atoms with van der Waals surface area (Å²) in [6, 6.07) is 5.81. The van der Waals surface area contributed by atoms with Crippen LogP contribution in [-0.4, -0.2) is 44.1 Å². The Hall–Kier alpha value is -1.67. The van der Waals surface area contributed by atoms with Gasteiger partial charge < -0.3 is 10.6 Å². The van der Waals surface area contributed by atoms with Crippen molar-refractivity contribution >= 4 is 16.1 Å². The van der Waals surface area contributed by atoms with Crippen LogP contribution in [-0.2, 0) is 16.6 Å². The molecule has 22 heavy (non-hydrogen) atoms. The highest BCUT2D eigenvalue weighted by atomic mass is 32.2.